The third-order valence-corrected chi connectivity index (χ3v) is 2.45. The molecule has 20 heavy (non-hydrogen) atoms. The van der Waals surface area contributed by atoms with Gasteiger partial charge in [0.2, 0.25) is 0 Å². The summed E-state index contributed by atoms with van der Waals surface area (Å²) in [6, 6.07) is 5.87. The fraction of sp³-hybridized carbons (Fsp3) is 0.143. The predicted octanol–water partition coefficient (Wildman–Crippen LogP) is 2.16. The molecule has 0 saturated heterocycles. The largest absolute Gasteiger partial charge is 0.327 e. The second-order valence-electron chi connectivity index (χ2n) is 3.86. The van der Waals surface area contributed by atoms with Crippen LogP contribution in [0.2, 0.25) is 0 Å². The van der Waals surface area contributed by atoms with E-state index in [-0.39, 0.29) is 18.4 Å². The Morgan fingerprint density at radius 2 is 2.25 bits per heavy atom. The highest BCUT2D eigenvalue weighted by molar-refractivity contribution is 5.89. The van der Waals surface area contributed by atoms with Crippen LogP contribution in [-0.4, -0.2) is 22.4 Å². The fourth-order valence-electron chi connectivity index (χ4n) is 1.54. The van der Waals surface area contributed by atoms with Gasteiger partial charge in [0.05, 0.1) is 24.6 Å². The van der Waals surface area contributed by atoms with Crippen LogP contribution in [0, 0.1) is 17.7 Å². The second kappa shape index (κ2) is 6.38. The number of halogens is 1. The molecule has 2 rings (SSSR count). The molecule has 6 heteroatoms. The Morgan fingerprint density at radius 1 is 1.45 bits per heavy atom. The molecule has 0 aliphatic rings. The Kier molecular flexibility index (Phi) is 4.35. The van der Waals surface area contributed by atoms with Crippen LogP contribution in [0.15, 0.2) is 36.7 Å². The molecule has 0 spiro atoms. The number of benzene rings is 1. The Hall–Kier alpha value is -2.81. The molecule has 2 amide bonds. The van der Waals surface area contributed by atoms with Gasteiger partial charge in [-0.2, -0.15) is 5.10 Å². The van der Waals surface area contributed by atoms with Gasteiger partial charge in [-0.15, -0.1) is 5.92 Å². The number of carbonyl (C=O) groups excluding carboxylic acids is 1. The highest BCUT2D eigenvalue weighted by Gasteiger charge is 2.07. The predicted molar refractivity (Wildman–Crippen MR) is 74.0 cm³/mol. The smallest absolute Gasteiger partial charge is 0.320 e. The molecular formula is C14H13FN4O. The van der Waals surface area contributed by atoms with E-state index in [9.17, 15) is 9.18 Å². The van der Waals surface area contributed by atoms with Gasteiger partial charge >= 0.3 is 6.03 Å². The molecule has 0 saturated carbocycles. The molecule has 0 unspecified atom stereocenters. The van der Waals surface area contributed by atoms with E-state index < -0.39 is 0 Å². The number of para-hydroxylation sites is 1. The minimum atomic E-state index is -0.388. The first-order valence-electron chi connectivity index (χ1n) is 5.94. The molecule has 0 aliphatic carbocycles. The van der Waals surface area contributed by atoms with Crippen LogP contribution < -0.4 is 10.6 Å². The molecule has 1 aromatic heterocycles. The molecule has 0 fully saturated rings. The maximum absolute atomic E-state index is 13.6. The molecule has 5 nitrogen and oxygen atoms in total. The molecule has 0 bridgehead atoms. The maximum atomic E-state index is 13.6. The van der Waals surface area contributed by atoms with Crippen LogP contribution in [0.5, 0.6) is 0 Å². The van der Waals surface area contributed by atoms with Crippen molar-refractivity contribution >= 4 is 11.7 Å². The minimum Gasteiger partial charge on any atom is -0.327 e. The Morgan fingerprint density at radius 3 is 3.00 bits per heavy atom. The lowest BCUT2D eigenvalue weighted by Gasteiger charge is -2.03. The molecule has 0 aliphatic heterocycles. The molecule has 1 aromatic carbocycles. The standard InChI is InChI=1S/C14H13FN4O/c1-2-3-8-16-14(20)18-11-9-17-19(10-11)13-7-5-4-6-12(13)15/h4-7,9-10H,8H2,1H3,(H2,16,18,20). The van der Waals surface area contributed by atoms with Gasteiger partial charge in [0.25, 0.3) is 0 Å². The molecule has 0 radical (unpaired) electrons. The quantitative estimate of drug-likeness (QED) is 0.841. The monoisotopic (exact) mass is 272 g/mol. The zero-order valence-corrected chi connectivity index (χ0v) is 10.9. The number of nitrogens with zero attached hydrogens (tertiary/aromatic N) is 2. The van der Waals surface area contributed by atoms with Crippen LogP contribution in [0.1, 0.15) is 6.92 Å². The third kappa shape index (κ3) is 3.36. The van der Waals surface area contributed by atoms with Crippen molar-refractivity contribution in [3.63, 3.8) is 0 Å². The van der Waals surface area contributed by atoms with Gasteiger partial charge in [-0.25, -0.2) is 13.9 Å². The number of carbonyl (C=O) groups is 1. The van der Waals surface area contributed by atoms with E-state index in [1.807, 2.05) is 0 Å². The van der Waals surface area contributed by atoms with Crippen molar-refractivity contribution < 1.29 is 9.18 Å². The number of anilines is 1. The number of aromatic nitrogens is 2. The second-order valence-corrected chi connectivity index (χ2v) is 3.86. The van der Waals surface area contributed by atoms with Crippen LogP contribution >= 0.6 is 0 Å². The van der Waals surface area contributed by atoms with Gasteiger partial charge in [-0.1, -0.05) is 18.1 Å². The number of hydrogen-bond acceptors (Lipinski definition) is 2. The van der Waals surface area contributed by atoms with Crippen molar-refractivity contribution in [3.05, 3.63) is 42.5 Å². The Bertz CT molecular complexity index is 669. The third-order valence-electron chi connectivity index (χ3n) is 2.45. The maximum Gasteiger partial charge on any atom is 0.320 e. The van der Waals surface area contributed by atoms with E-state index in [2.05, 4.69) is 27.6 Å². The van der Waals surface area contributed by atoms with Crippen molar-refractivity contribution in [2.24, 2.45) is 0 Å². The van der Waals surface area contributed by atoms with E-state index in [0.717, 1.165) is 0 Å². The zero-order chi connectivity index (χ0) is 14.4. The average molecular weight is 272 g/mol. The minimum absolute atomic E-state index is 0.268. The topological polar surface area (TPSA) is 59.0 Å². The van der Waals surface area contributed by atoms with Crippen molar-refractivity contribution in [2.45, 2.75) is 6.92 Å². The van der Waals surface area contributed by atoms with E-state index >= 15 is 0 Å². The Labute approximate surface area is 115 Å². The summed E-state index contributed by atoms with van der Waals surface area (Å²) in [4.78, 5) is 11.5. The van der Waals surface area contributed by atoms with E-state index in [1.54, 1.807) is 25.1 Å². The number of nitrogens with one attached hydrogen (secondary N) is 2. The van der Waals surface area contributed by atoms with Crippen molar-refractivity contribution in [3.8, 4) is 17.5 Å². The molecule has 2 aromatic rings. The SMILES string of the molecule is CC#CCNC(=O)Nc1cnn(-c2ccccc2F)c1. The molecule has 102 valence electrons. The first kappa shape index (κ1) is 13.6. The van der Waals surface area contributed by atoms with Gasteiger partial charge in [-0.3, -0.25) is 0 Å². The van der Waals surface area contributed by atoms with Gasteiger partial charge in [-0.05, 0) is 19.1 Å². The summed E-state index contributed by atoms with van der Waals surface area (Å²) in [6.07, 6.45) is 2.97. The molecule has 2 N–H and O–H groups in total. The van der Waals surface area contributed by atoms with Crippen LogP contribution in [0.3, 0.4) is 0 Å². The highest BCUT2D eigenvalue weighted by atomic mass is 19.1. The summed E-state index contributed by atoms with van der Waals surface area (Å²) in [5.74, 6) is 4.99. The summed E-state index contributed by atoms with van der Waals surface area (Å²) in [5.41, 5.74) is 0.785. The van der Waals surface area contributed by atoms with E-state index in [0.29, 0.717) is 11.4 Å². The van der Waals surface area contributed by atoms with Gasteiger partial charge in [0.15, 0.2) is 0 Å². The van der Waals surface area contributed by atoms with Crippen LogP contribution in [0.25, 0.3) is 5.69 Å². The average Bonchev–Trinajstić information content (AvgIpc) is 2.88. The molecule has 1 heterocycles. The number of hydrogen-bond donors (Lipinski definition) is 2. The molecule has 0 atom stereocenters. The van der Waals surface area contributed by atoms with Crippen LogP contribution in [0.4, 0.5) is 14.9 Å². The van der Waals surface area contributed by atoms with Crippen molar-refractivity contribution in [1.82, 2.24) is 15.1 Å². The summed E-state index contributed by atoms with van der Waals surface area (Å²) < 4.78 is 14.9. The van der Waals surface area contributed by atoms with Crippen molar-refractivity contribution in [2.75, 3.05) is 11.9 Å². The number of rotatable bonds is 3. The lowest BCUT2D eigenvalue weighted by molar-refractivity contribution is 0.253. The molecular weight excluding hydrogens is 259 g/mol. The highest BCUT2D eigenvalue weighted by Crippen LogP contribution is 2.14. The normalized spacial score (nSPS) is 9.50. The summed E-state index contributed by atoms with van der Waals surface area (Å²) >= 11 is 0. The Balaban J connectivity index is 2.04. The number of urea groups is 1. The van der Waals surface area contributed by atoms with Gasteiger partial charge < -0.3 is 10.6 Å². The van der Waals surface area contributed by atoms with E-state index in [1.165, 1.54) is 23.1 Å². The lowest BCUT2D eigenvalue weighted by atomic mass is 10.3. The zero-order valence-electron chi connectivity index (χ0n) is 10.9. The fourth-order valence-corrected chi connectivity index (χ4v) is 1.54. The van der Waals surface area contributed by atoms with Crippen LogP contribution in [-0.2, 0) is 0 Å². The van der Waals surface area contributed by atoms with E-state index in [4.69, 9.17) is 0 Å². The van der Waals surface area contributed by atoms with Crippen molar-refractivity contribution in [1.29, 1.82) is 0 Å². The summed E-state index contributed by atoms with van der Waals surface area (Å²) in [7, 11) is 0. The summed E-state index contributed by atoms with van der Waals surface area (Å²) in [6.45, 7) is 1.96. The number of amides is 2. The first-order valence-corrected chi connectivity index (χ1v) is 5.94. The van der Waals surface area contributed by atoms with Gasteiger partial charge in [0.1, 0.15) is 11.5 Å². The first-order chi connectivity index (χ1) is 9.70. The summed E-state index contributed by atoms with van der Waals surface area (Å²) in [5, 5.41) is 9.15. The van der Waals surface area contributed by atoms with Gasteiger partial charge in [0, 0.05) is 0 Å². The lowest BCUT2D eigenvalue weighted by Crippen LogP contribution is -2.28.